The van der Waals surface area contributed by atoms with Crippen LogP contribution in [0.25, 0.3) is 0 Å². The number of hydrogen-bond donors (Lipinski definition) is 0. The van der Waals surface area contributed by atoms with Crippen LogP contribution < -0.4 is 0 Å². The van der Waals surface area contributed by atoms with Gasteiger partial charge < -0.3 is 4.43 Å². The minimum absolute atomic E-state index is 0.762. The van der Waals surface area contributed by atoms with Gasteiger partial charge >= 0.3 is 0 Å². The lowest BCUT2D eigenvalue weighted by Crippen LogP contribution is -2.24. The fourth-order valence-electron chi connectivity index (χ4n) is 2.24. The van der Waals surface area contributed by atoms with E-state index in [4.69, 9.17) is 4.43 Å². The van der Waals surface area contributed by atoms with E-state index < -0.39 is 8.32 Å². The molecular weight excluding hydrogens is 188 g/mol. The second-order valence-electron chi connectivity index (χ2n) is 5.71. The quantitative estimate of drug-likeness (QED) is 0.638. The third-order valence-corrected chi connectivity index (χ3v) is 3.77. The SMILES string of the molecule is CC1=C(O[Si](C)(C)C)CC[C@@H]1C(C)C. The zero-order chi connectivity index (χ0) is 10.9. The number of allylic oxidation sites excluding steroid dienone is 2. The average molecular weight is 212 g/mol. The van der Waals surface area contributed by atoms with Crippen molar-refractivity contribution in [3.05, 3.63) is 11.3 Å². The van der Waals surface area contributed by atoms with Crippen LogP contribution in [0.3, 0.4) is 0 Å². The molecule has 1 nitrogen and oxygen atoms in total. The Kier molecular flexibility index (Phi) is 3.46. The molecule has 0 N–H and O–H groups in total. The lowest BCUT2D eigenvalue weighted by atomic mass is 9.90. The van der Waals surface area contributed by atoms with E-state index in [1.807, 2.05) is 0 Å². The third kappa shape index (κ3) is 2.87. The van der Waals surface area contributed by atoms with E-state index in [0.29, 0.717) is 0 Å². The Hall–Kier alpha value is -0.243. The molecule has 2 heteroatoms. The van der Waals surface area contributed by atoms with Crippen LogP contribution in [0.1, 0.15) is 33.6 Å². The first-order chi connectivity index (χ1) is 6.31. The van der Waals surface area contributed by atoms with Crippen LogP contribution in [0.4, 0.5) is 0 Å². The van der Waals surface area contributed by atoms with Crippen molar-refractivity contribution in [1.29, 1.82) is 0 Å². The summed E-state index contributed by atoms with van der Waals surface area (Å²) in [5, 5.41) is 0. The summed E-state index contributed by atoms with van der Waals surface area (Å²) in [6.07, 6.45) is 2.46. The van der Waals surface area contributed by atoms with Gasteiger partial charge in [-0.2, -0.15) is 0 Å². The fraction of sp³-hybridized carbons (Fsp3) is 0.833. The fourth-order valence-corrected chi connectivity index (χ4v) is 3.24. The highest BCUT2D eigenvalue weighted by Crippen LogP contribution is 2.37. The maximum atomic E-state index is 6.11. The predicted molar refractivity (Wildman–Crippen MR) is 64.7 cm³/mol. The van der Waals surface area contributed by atoms with Crippen LogP contribution in [0.2, 0.25) is 19.6 Å². The van der Waals surface area contributed by atoms with Gasteiger partial charge in [-0.3, -0.25) is 0 Å². The summed E-state index contributed by atoms with van der Waals surface area (Å²) in [6.45, 7) is 13.7. The van der Waals surface area contributed by atoms with Crippen LogP contribution in [0.5, 0.6) is 0 Å². The largest absolute Gasteiger partial charge is 0.547 e. The molecule has 0 fully saturated rings. The Morgan fingerprint density at radius 2 is 1.86 bits per heavy atom. The second kappa shape index (κ2) is 4.09. The van der Waals surface area contributed by atoms with Gasteiger partial charge in [-0.05, 0) is 50.4 Å². The van der Waals surface area contributed by atoms with Crippen molar-refractivity contribution >= 4 is 8.32 Å². The van der Waals surface area contributed by atoms with Gasteiger partial charge in [0.05, 0.1) is 5.76 Å². The zero-order valence-electron chi connectivity index (χ0n) is 10.5. The molecule has 0 saturated carbocycles. The summed E-state index contributed by atoms with van der Waals surface area (Å²) >= 11 is 0. The summed E-state index contributed by atoms with van der Waals surface area (Å²) in [4.78, 5) is 0. The Labute approximate surface area is 89.7 Å². The molecule has 1 aliphatic rings. The summed E-state index contributed by atoms with van der Waals surface area (Å²) < 4.78 is 6.11. The molecule has 14 heavy (non-hydrogen) atoms. The van der Waals surface area contributed by atoms with Crippen molar-refractivity contribution in [2.75, 3.05) is 0 Å². The maximum absolute atomic E-state index is 6.11. The first kappa shape index (κ1) is 11.8. The zero-order valence-corrected chi connectivity index (χ0v) is 11.5. The van der Waals surface area contributed by atoms with E-state index in [2.05, 4.69) is 40.4 Å². The monoisotopic (exact) mass is 212 g/mol. The number of rotatable bonds is 3. The maximum Gasteiger partial charge on any atom is 0.241 e. The van der Waals surface area contributed by atoms with E-state index in [-0.39, 0.29) is 0 Å². The molecule has 0 aliphatic heterocycles. The molecular formula is C12H24OSi. The molecule has 82 valence electrons. The summed E-state index contributed by atoms with van der Waals surface area (Å²) in [5.41, 5.74) is 1.52. The highest BCUT2D eigenvalue weighted by Gasteiger charge is 2.28. The van der Waals surface area contributed by atoms with Crippen molar-refractivity contribution in [2.45, 2.75) is 53.3 Å². The smallest absolute Gasteiger partial charge is 0.241 e. The standard InChI is InChI=1S/C12H24OSi/c1-9(2)11-7-8-12(10(11)3)13-14(4,5)6/h9,11H,7-8H2,1-6H3/t11-/m1/s1. The van der Waals surface area contributed by atoms with Crippen LogP contribution >= 0.6 is 0 Å². The molecule has 1 aliphatic carbocycles. The third-order valence-electron chi connectivity index (χ3n) is 2.91. The molecule has 0 aromatic rings. The summed E-state index contributed by atoms with van der Waals surface area (Å²) in [6, 6.07) is 0. The first-order valence-electron chi connectivity index (χ1n) is 5.70. The van der Waals surface area contributed by atoms with Crippen LogP contribution in [-0.4, -0.2) is 8.32 Å². The molecule has 1 rings (SSSR count). The van der Waals surface area contributed by atoms with Crippen LogP contribution in [0, 0.1) is 11.8 Å². The number of hydrogen-bond acceptors (Lipinski definition) is 1. The van der Waals surface area contributed by atoms with Crippen molar-refractivity contribution in [3.8, 4) is 0 Å². The lowest BCUT2D eigenvalue weighted by Gasteiger charge is -2.21. The molecule has 0 aromatic carbocycles. The van der Waals surface area contributed by atoms with E-state index in [1.165, 1.54) is 24.2 Å². The lowest BCUT2D eigenvalue weighted by molar-refractivity contribution is 0.404. The molecule has 0 aromatic heterocycles. The Balaban J connectivity index is 2.71. The summed E-state index contributed by atoms with van der Waals surface area (Å²) in [7, 11) is -1.39. The van der Waals surface area contributed by atoms with Gasteiger partial charge in [-0.25, -0.2) is 0 Å². The molecule has 0 bridgehead atoms. The molecule has 0 amide bonds. The van der Waals surface area contributed by atoms with E-state index in [1.54, 1.807) is 0 Å². The summed E-state index contributed by atoms with van der Waals surface area (Å²) in [5.74, 6) is 2.84. The predicted octanol–water partition coefficient (Wildman–Crippen LogP) is 4.18. The van der Waals surface area contributed by atoms with E-state index >= 15 is 0 Å². The van der Waals surface area contributed by atoms with Gasteiger partial charge in [0.1, 0.15) is 0 Å². The minimum atomic E-state index is -1.39. The van der Waals surface area contributed by atoms with Gasteiger partial charge in [0.2, 0.25) is 8.32 Å². The van der Waals surface area contributed by atoms with Crippen molar-refractivity contribution in [2.24, 2.45) is 11.8 Å². The van der Waals surface area contributed by atoms with E-state index in [9.17, 15) is 0 Å². The molecule has 0 spiro atoms. The van der Waals surface area contributed by atoms with Crippen LogP contribution in [-0.2, 0) is 4.43 Å². The molecule has 0 unspecified atom stereocenters. The van der Waals surface area contributed by atoms with Crippen molar-refractivity contribution in [3.63, 3.8) is 0 Å². The Bertz CT molecular complexity index is 235. The van der Waals surface area contributed by atoms with Gasteiger partial charge in [0, 0.05) is 6.42 Å². The Morgan fingerprint density at radius 3 is 2.21 bits per heavy atom. The van der Waals surface area contributed by atoms with Gasteiger partial charge in [-0.15, -0.1) is 0 Å². The first-order valence-corrected chi connectivity index (χ1v) is 9.11. The van der Waals surface area contributed by atoms with Crippen LogP contribution in [0.15, 0.2) is 11.3 Å². The van der Waals surface area contributed by atoms with Gasteiger partial charge in [-0.1, -0.05) is 13.8 Å². The van der Waals surface area contributed by atoms with Crippen molar-refractivity contribution in [1.82, 2.24) is 0 Å². The van der Waals surface area contributed by atoms with Gasteiger partial charge in [0.25, 0.3) is 0 Å². The van der Waals surface area contributed by atoms with Crippen molar-refractivity contribution < 1.29 is 4.43 Å². The second-order valence-corrected chi connectivity index (χ2v) is 10.1. The molecule has 1 atom stereocenters. The highest BCUT2D eigenvalue weighted by atomic mass is 28.4. The topological polar surface area (TPSA) is 9.23 Å². The molecule has 0 saturated heterocycles. The Morgan fingerprint density at radius 1 is 1.29 bits per heavy atom. The minimum Gasteiger partial charge on any atom is -0.547 e. The molecule has 0 radical (unpaired) electrons. The van der Waals surface area contributed by atoms with E-state index in [0.717, 1.165) is 11.8 Å². The molecule has 0 heterocycles. The normalized spacial score (nSPS) is 23.5. The highest BCUT2D eigenvalue weighted by molar-refractivity contribution is 6.70. The average Bonchev–Trinajstić information content (AvgIpc) is 2.29. The van der Waals surface area contributed by atoms with Gasteiger partial charge in [0.15, 0.2) is 0 Å².